The van der Waals surface area contributed by atoms with Crippen LogP contribution in [0.15, 0.2) is 22.7 Å². The molecule has 80 valence electrons. The van der Waals surface area contributed by atoms with Gasteiger partial charge in [0.1, 0.15) is 12.4 Å². The molecule has 0 unspecified atom stereocenters. The van der Waals surface area contributed by atoms with Gasteiger partial charge in [0.05, 0.1) is 4.47 Å². The summed E-state index contributed by atoms with van der Waals surface area (Å²) >= 11 is 3.46. The summed E-state index contributed by atoms with van der Waals surface area (Å²) in [5, 5.41) is 0. The van der Waals surface area contributed by atoms with Gasteiger partial charge < -0.3 is 10.5 Å². The van der Waals surface area contributed by atoms with E-state index in [0.29, 0.717) is 13.2 Å². The van der Waals surface area contributed by atoms with E-state index in [9.17, 15) is 0 Å². The molecule has 0 radical (unpaired) electrons. The van der Waals surface area contributed by atoms with Crippen molar-refractivity contribution in [3.63, 3.8) is 0 Å². The molecule has 0 heterocycles. The van der Waals surface area contributed by atoms with Gasteiger partial charge in [0.25, 0.3) is 0 Å². The fourth-order valence-corrected chi connectivity index (χ4v) is 1.71. The number of rotatable bonds is 4. The van der Waals surface area contributed by atoms with Gasteiger partial charge in [-0.05, 0) is 53.5 Å². The molecule has 1 aromatic carbocycles. The number of benzene rings is 1. The van der Waals surface area contributed by atoms with Gasteiger partial charge >= 0.3 is 0 Å². The van der Waals surface area contributed by atoms with Crippen LogP contribution < -0.4 is 10.5 Å². The van der Waals surface area contributed by atoms with E-state index in [1.165, 1.54) is 5.56 Å². The van der Waals surface area contributed by atoms with E-state index in [-0.39, 0.29) is 0 Å². The molecule has 0 amide bonds. The summed E-state index contributed by atoms with van der Waals surface area (Å²) in [5.74, 6) is 6.45. The predicted molar refractivity (Wildman–Crippen MR) is 65.8 cm³/mol. The second kappa shape index (κ2) is 6.49. The number of hydrogen-bond acceptors (Lipinski definition) is 2. The molecule has 2 N–H and O–H groups in total. The number of halogens is 1. The molecule has 0 aliphatic heterocycles. The van der Waals surface area contributed by atoms with E-state index in [4.69, 9.17) is 10.5 Å². The molecular weight excluding hydrogens is 254 g/mol. The van der Waals surface area contributed by atoms with Crippen molar-refractivity contribution in [3.05, 3.63) is 28.2 Å². The second-order valence-corrected chi connectivity index (χ2v) is 3.87. The smallest absolute Gasteiger partial charge is 0.149 e. The van der Waals surface area contributed by atoms with Gasteiger partial charge in [-0.25, -0.2) is 0 Å². The molecule has 15 heavy (non-hydrogen) atoms. The summed E-state index contributed by atoms with van der Waals surface area (Å²) in [5.41, 5.74) is 6.69. The highest BCUT2D eigenvalue weighted by atomic mass is 79.9. The van der Waals surface area contributed by atoms with Crippen molar-refractivity contribution < 1.29 is 4.74 Å². The van der Waals surface area contributed by atoms with E-state index >= 15 is 0 Å². The topological polar surface area (TPSA) is 35.2 Å². The molecule has 0 spiro atoms. The van der Waals surface area contributed by atoms with Gasteiger partial charge in [0.15, 0.2) is 0 Å². The van der Waals surface area contributed by atoms with E-state index in [1.807, 2.05) is 18.2 Å². The van der Waals surface area contributed by atoms with Crippen molar-refractivity contribution in [2.75, 3.05) is 13.2 Å². The van der Waals surface area contributed by atoms with Crippen LogP contribution in [0.3, 0.4) is 0 Å². The van der Waals surface area contributed by atoms with Crippen LogP contribution in [0.2, 0.25) is 0 Å². The molecule has 1 rings (SSSR count). The Hall–Kier alpha value is -0.980. The number of nitrogens with two attached hydrogens (primary N) is 1. The normalized spacial score (nSPS) is 9.27. The summed E-state index contributed by atoms with van der Waals surface area (Å²) in [6.45, 7) is 2.88. The van der Waals surface area contributed by atoms with Crippen molar-refractivity contribution in [3.8, 4) is 17.6 Å². The van der Waals surface area contributed by atoms with Crippen molar-refractivity contribution in [1.29, 1.82) is 0 Å². The van der Waals surface area contributed by atoms with Gasteiger partial charge in [-0.1, -0.05) is 12.0 Å². The molecule has 0 saturated carbocycles. The number of ether oxygens (including phenoxy) is 1. The van der Waals surface area contributed by atoms with Crippen LogP contribution >= 0.6 is 15.9 Å². The van der Waals surface area contributed by atoms with Gasteiger partial charge in [-0.15, -0.1) is 5.92 Å². The summed E-state index contributed by atoms with van der Waals surface area (Å²) in [7, 11) is 0. The van der Waals surface area contributed by atoms with Gasteiger partial charge in [-0.2, -0.15) is 0 Å². The minimum atomic E-state index is 0.422. The van der Waals surface area contributed by atoms with Crippen LogP contribution in [-0.4, -0.2) is 13.2 Å². The Morgan fingerprint density at radius 2 is 2.27 bits per heavy atom. The molecule has 0 atom stereocenters. The molecule has 0 aromatic heterocycles. The van der Waals surface area contributed by atoms with E-state index in [0.717, 1.165) is 16.6 Å². The summed E-state index contributed by atoms with van der Waals surface area (Å²) < 4.78 is 6.41. The molecule has 0 aliphatic rings. The molecular formula is C12H14BrNO. The minimum Gasteiger partial charge on any atom is -0.480 e. The lowest BCUT2D eigenvalue weighted by Crippen LogP contribution is -2.03. The minimum absolute atomic E-state index is 0.422. The average Bonchev–Trinajstić information content (AvgIpc) is 2.22. The first-order valence-electron chi connectivity index (χ1n) is 4.79. The molecule has 3 heteroatoms. The molecule has 1 aromatic rings. The lowest BCUT2D eigenvalue weighted by Gasteiger charge is -2.06. The van der Waals surface area contributed by atoms with Crippen molar-refractivity contribution in [1.82, 2.24) is 0 Å². The third-order valence-electron chi connectivity index (χ3n) is 1.91. The Kier molecular flexibility index (Phi) is 5.23. The van der Waals surface area contributed by atoms with Crippen molar-refractivity contribution in [2.45, 2.75) is 13.3 Å². The maximum absolute atomic E-state index is 5.48. The number of hydrogen-bond donors (Lipinski definition) is 1. The maximum atomic E-state index is 5.48. The zero-order valence-electron chi connectivity index (χ0n) is 8.72. The first kappa shape index (κ1) is 12.1. The quantitative estimate of drug-likeness (QED) is 0.851. The van der Waals surface area contributed by atoms with Crippen LogP contribution in [0.5, 0.6) is 5.75 Å². The highest BCUT2D eigenvalue weighted by Crippen LogP contribution is 2.25. The van der Waals surface area contributed by atoms with Crippen LogP contribution in [0.4, 0.5) is 0 Å². The highest BCUT2D eigenvalue weighted by molar-refractivity contribution is 9.10. The van der Waals surface area contributed by atoms with Gasteiger partial charge in [0.2, 0.25) is 0 Å². The highest BCUT2D eigenvalue weighted by Gasteiger charge is 2.01. The fraction of sp³-hybridized carbons (Fsp3) is 0.333. The Morgan fingerprint density at radius 3 is 2.87 bits per heavy atom. The maximum Gasteiger partial charge on any atom is 0.149 e. The Balaban J connectivity index is 2.68. The zero-order valence-corrected chi connectivity index (χ0v) is 10.3. The fourth-order valence-electron chi connectivity index (χ4n) is 1.17. The van der Waals surface area contributed by atoms with Crippen LogP contribution in [0, 0.1) is 11.8 Å². The summed E-state index contributed by atoms with van der Waals surface area (Å²) in [6.07, 6.45) is 0.883. The molecule has 0 saturated heterocycles. The predicted octanol–water partition coefficient (Wildman–Crippen LogP) is 2.35. The average molecular weight is 268 g/mol. The SMILES string of the molecule is CC#CCOc1ccc(CCN)cc1Br. The summed E-state index contributed by atoms with van der Waals surface area (Å²) in [6, 6.07) is 5.99. The van der Waals surface area contributed by atoms with E-state index < -0.39 is 0 Å². The second-order valence-electron chi connectivity index (χ2n) is 3.02. The van der Waals surface area contributed by atoms with Gasteiger partial charge in [0, 0.05) is 0 Å². The van der Waals surface area contributed by atoms with Crippen molar-refractivity contribution in [2.24, 2.45) is 5.73 Å². The standard InChI is InChI=1S/C12H14BrNO/c1-2-3-8-15-12-5-4-10(6-7-14)9-11(12)13/h4-5,9H,6-8,14H2,1H3. The molecule has 0 aliphatic carbocycles. The largest absolute Gasteiger partial charge is 0.480 e. The Labute approximate surface area is 98.9 Å². The van der Waals surface area contributed by atoms with E-state index in [2.05, 4.69) is 27.8 Å². The monoisotopic (exact) mass is 267 g/mol. The lowest BCUT2D eigenvalue weighted by molar-refractivity contribution is 0.368. The third-order valence-corrected chi connectivity index (χ3v) is 2.53. The van der Waals surface area contributed by atoms with Gasteiger partial charge in [-0.3, -0.25) is 0 Å². The first-order valence-corrected chi connectivity index (χ1v) is 5.58. The first-order chi connectivity index (χ1) is 7.27. The molecule has 0 fully saturated rings. The summed E-state index contributed by atoms with van der Waals surface area (Å²) in [4.78, 5) is 0. The Morgan fingerprint density at radius 1 is 1.47 bits per heavy atom. The lowest BCUT2D eigenvalue weighted by atomic mass is 10.1. The van der Waals surface area contributed by atoms with Crippen LogP contribution in [0.1, 0.15) is 12.5 Å². The zero-order chi connectivity index (χ0) is 11.1. The third kappa shape index (κ3) is 3.94. The van der Waals surface area contributed by atoms with Crippen LogP contribution in [0.25, 0.3) is 0 Å². The molecule has 0 bridgehead atoms. The van der Waals surface area contributed by atoms with Crippen molar-refractivity contribution >= 4 is 15.9 Å². The molecule has 2 nitrogen and oxygen atoms in total. The van der Waals surface area contributed by atoms with E-state index in [1.54, 1.807) is 6.92 Å². The van der Waals surface area contributed by atoms with Crippen LogP contribution in [-0.2, 0) is 6.42 Å². The Bertz CT molecular complexity index is 379.